The normalized spacial score (nSPS) is 11.6. The Balaban J connectivity index is 1.74. The van der Waals surface area contributed by atoms with E-state index < -0.39 is 39.1 Å². The lowest BCUT2D eigenvalue weighted by Crippen LogP contribution is -2.47. The smallest absolute Gasteiger partial charge is 0.277 e. The van der Waals surface area contributed by atoms with Crippen LogP contribution in [0.3, 0.4) is 0 Å². The van der Waals surface area contributed by atoms with Gasteiger partial charge in [-0.25, -0.2) is 5.43 Å². The molecule has 2 N–H and O–H groups in total. The number of carbonyl (C=O) groups is 2. The standard InChI is InChI=1S/C28H30N6O6S/c1-3-32(4-2)23-12-10-20(11-13-23)17-29-31-28(36)26(19-41-18-21-8-6-5-7-9-21)30-27(35)22-14-24(33(37)38)16-25(15-22)34(39)40/h5-17,26H,3-4,18-19H2,1-2H3,(H,30,35)(H,31,36)/b29-17-/t26-/m0/s1. The molecule has 12 nitrogen and oxygen atoms in total. The van der Waals surface area contributed by atoms with Gasteiger partial charge in [0.05, 0.1) is 27.7 Å². The fourth-order valence-electron chi connectivity index (χ4n) is 3.84. The summed E-state index contributed by atoms with van der Waals surface area (Å²) in [6.07, 6.45) is 1.48. The minimum absolute atomic E-state index is 0.150. The van der Waals surface area contributed by atoms with E-state index in [4.69, 9.17) is 0 Å². The monoisotopic (exact) mass is 578 g/mol. The highest BCUT2D eigenvalue weighted by atomic mass is 32.2. The van der Waals surface area contributed by atoms with Gasteiger partial charge in [0.15, 0.2) is 0 Å². The molecule has 0 aliphatic heterocycles. The molecule has 0 saturated carbocycles. The highest BCUT2D eigenvalue weighted by Crippen LogP contribution is 2.23. The summed E-state index contributed by atoms with van der Waals surface area (Å²) in [7, 11) is 0. The van der Waals surface area contributed by atoms with Crippen molar-refractivity contribution in [2.75, 3.05) is 23.7 Å². The largest absolute Gasteiger partial charge is 0.372 e. The number of hydrogen-bond donors (Lipinski definition) is 2. The van der Waals surface area contributed by atoms with Crippen molar-refractivity contribution < 1.29 is 19.4 Å². The molecule has 0 unspecified atom stereocenters. The van der Waals surface area contributed by atoms with E-state index in [0.717, 1.165) is 48.1 Å². The summed E-state index contributed by atoms with van der Waals surface area (Å²) in [5.41, 5.74) is 3.73. The van der Waals surface area contributed by atoms with Crippen molar-refractivity contribution in [3.8, 4) is 0 Å². The van der Waals surface area contributed by atoms with Crippen molar-refractivity contribution in [2.45, 2.75) is 25.6 Å². The Hall–Kier alpha value is -4.78. The molecule has 3 aromatic carbocycles. The molecule has 0 aliphatic carbocycles. The number of nitro groups is 2. The summed E-state index contributed by atoms with van der Waals surface area (Å²) >= 11 is 1.39. The Labute approximate surface area is 241 Å². The van der Waals surface area contributed by atoms with Crippen molar-refractivity contribution in [3.63, 3.8) is 0 Å². The van der Waals surface area contributed by atoms with Crippen LogP contribution >= 0.6 is 11.8 Å². The third-order valence-corrected chi connectivity index (χ3v) is 7.12. The molecule has 0 fully saturated rings. The van der Waals surface area contributed by atoms with Crippen LogP contribution in [0.25, 0.3) is 0 Å². The molecule has 214 valence electrons. The third-order valence-electron chi connectivity index (χ3n) is 6.01. The quantitative estimate of drug-likeness (QED) is 0.160. The van der Waals surface area contributed by atoms with Gasteiger partial charge in [-0.05, 0) is 37.1 Å². The van der Waals surface area contributed by atoms with Gasteiger partial charge in [-0.2, -0.15) is 16.9 Å². The zero-order valence-corrected chi connectivity index (χ0v) is 23.4. The summed E-state index contributed by atoms with van der Waals surface area (Å²) in [4.78, 5) is 49.0. The van der Waals surface area contributed by atoms with E-state index in [-0.39, 0.29) is 11.3 Å². The first-order chi connectivity index (χ1) is 19.7. The summed E-state index contributed by atoms with van der Waals surface area (Å²) in [5, 5.41) is 29.0. The second-order valence-electron chi connectivity index (χ2n) is 8.78. The van der Waals surface area contributed by atoms with E-state index in [0.29, 0.717) is 5.75 Å². The van der Waals surface area contributed by atoms with Crippen molar-refractivity contribution in [1.82, 2.24) is 10.7 Å². The van der Waals surface area contributed by atoms with E-state index in [1.807, 2.05) is 54.6 Å². The van der Waals surface area contributed by atoms with Crippen LogP contribution < -0.4 is 15.6 Å². The van der Waals surface area contributed by atoms with Gasteiger partial charge in [0.25, 0.3) is 23.2 Å². The fourth-order valence-corrected chi connectivity index (χ4v) is 4.86. The van der Waals surface area contributed by atoms with Gasteiger partial charge < -0.3 is 10.2 Å². The van der Waals surface area contributed by atoms with Gasteiger partial charge in [0.1, 0.15) is 6.04 Å². The predicted octanol–water partition coefficient (Wildman–Crippen LogP) is 4.53. The number of non-ortho nitro benzene ring substituents is 2. The van der Waals surface area contributed by atoms with Crippen LogP contribution in [0, 0.1) is 20.2 Å². The Bertz CT molecular complexity index is 1360. The van der Waals surface area contributed by atoms with Crippen LogP contribution in [0.4, 0.5) is 17.1 Å². The lowest BCUT2D eigenvalue weighted by Gasteiger charge is -2.20. The van der Waals surface area contributed by atoms with Crippen LogP contribution in [-0.4, -0.2) is 52.8 Å². The minimum atomic E-state index is -1.09. The molecule has 3 aromatic rings. The van der Waals surface area contributed by atoms with Crippen molar-refractivity contribution in [3.05, 3.63) is 110 Å². The van der Waals surface area contributed by atoms with Gasteiger partial charge in [0, 0.05) is 42.4 Å². The van der Waals surface area contributed by atoms with E-state index >= 15 is 0 Å². The summed E-state index contributed by atoms with van der Waals surface area (Å²) in [6.45, 7) is 5.89. The number of benzene rings is 3. The van der Waals surface area contributed by atoms with Gasteiger partial charge >= 0.3 is 0 Å². The first kappa shape index (κ1) is 30.8. The first-order valence-corrected chi connectivity index (χ1v) is 13.9. The molecule has 0 bridgehead atoms. The number of rotatable bonds is 14. The summed E-state index contributed by atoms with van der Waals surface area (Å²) in [6, 6.07) is 18.7. The van der Waals surface area contributed by atoms with Crippen molar-refractivity contribution >= 4 is 46.9 Å². The number of amides is 2. The minimum Gasteiger partial charge on any atom is -0.372 e. The maximum Gasteiger partial charge on any atom is 0.277 e. The van der Waals surface area contributed by atoms with Gasteiger partial charge in [-0.1, -0.05) is 42.5 Å². The average Bonchev–Trinajstić information content (AvgIpc) is 2.98. The number of anilines is 1. The Morgan fingerprint density at radius 3 is 2.12 bits per heavy atom. The van der Waals surface area contributed by atoms with E-state index in [1.54, 1.807) is 0 Å². The van der Waals surface area contributed by atoms with E-state index in [1.165, 1.54) is 18.0 Å². The molecule has 0 radical (unpaired) electrons. The second kappa shape index (κ2) is 15.1. The van der Waals surface area contributed by atoms with Gasteiger partial charge in [-0.3, -0.25) is 29.8 Å². The van der Waals surface area contributed by atoms with E-state index in [9.17, 15) is 29.8 Å². The molecule has 13 heteroatoms. The SMILES string of the molecule is CCN(CC)c1ccc(/C=N\NC(=O)[C@H](CSCc2ccccc2)NC(=O)c2cc([N+](=O)[O-])cc([N+](=O)[O-])c2)cc1. The van der Waals surface area contributed by atoms with Crippen LogP contribution in [-0.2, 0) is 10.5 Å². The van der Waals surface area contributed by atoms with Crippen LogP contribution in [0.5, 0.6) is 0 Å². The molecule has 0 saturated heterocycles. The highest BCUT2D eigenvalue weighted by Gasteiger charge is 2.25. The average molecular weight is 579 g/mol. The topological polar surface area (TPSA) is 160 Å². The van der Waals surface area contributed by atoms with Gasteiger partial charge in [-0.15, -0.1) is 0 Å². The molecule has 41 heavy (non-hydrogen) atoms. The molecular formula is C28H30N6O6S. The molecule has 0 aromatic heterocycles. The maximum absolute atomic E-state index is 13.0. The Kier molecular flexibility index (Phi) is 11.3. The molecule has 0 spiro atoms. The Morgan fingerprint density at radius 2 is 1.56 bits per heavy atom. The van der Waals surface area contributed by atoms with Gasteiger partial charge in [0.2, 0.25) is 0 Å². The lowest BCUT2D eigenvalue weighted by molar-refractivity contribution is -0.394. The number of nitro benzene ring substituents is 2. The third kappa shape index (κ3) is 9.14. The van der Waals surface area contributed by atoms with Crippen LogP contribution in [0.2, 0.25) is 0 Å². The van der Waals surface area contributed by atoms with Crippen LogP contribution in [0.1, 0.15) is 35.3 Å². The molecule has 2 amide bonds. The van der Waals surface area contributed by atoms with E-state index in [2.05, 4.69) is 34.6 Å². The molecule has 0 aliphatic rings. The fraction of sp³-hybridized carbons (Fsp3) is 0.250. The highest BCUT2D eigenvalue weighted by molar-refractivity contribution is 7.98. The maximum atomic E-state index is 13.0. The molecular weight excluding hydrogens is 548 g/mol. The second-order valence-corrected chi connectivity index (χ2v) is 9.81. The zero-order chi connectivity index (χ0) is 29.8. The number of carbonyl (C=O) groups excluding carboxylic acids is 2. The number of thioether (sulfide) groups is 1. The zero-order valence-electron chi connectivity index (χ0n) is 22.6. The van der Waals surface area contributed by atoms with Crippen molar-refractivity contribution in [2.24, 2.45) is 5.10 Å². The molecule has 1 atom stereocenters. The number of nitrogens with one attached hydrogen (secondary N) is 2. The summed E-state index contributed by atoms with van der Waals surface area (Å²) in [5.74, 6) is -0.772. The molecule has 3 rings (SSSR count). The predicted molar refractivity (Wildman–Crippen MR) is 159 cm³/mol. The number of nitrogens with zero attached hydrogens (tertiary/aromatic N) is 4. The van der Waals surface area contributed by atoms with Crippen LogP contribution in [0.15, 0.2) is 77.9 Å². The van der Waals surface area contributed by atoms with Crippen molar-refractivity contribution in [1.29, 1.82) is 0 Å². The lowest BCUT2D eigenvalue weighted by atomic mass is 10.1. The summed E-state index contributed by atoms with van der Waals surface area (Å²) < 4.78 is 0. The number of hydrazone groups is 1. The molecule has 0 heterocycles. The Morgan fingerprint density at radius 1 is 0.951 bits per heavy atom. The first-order valence-electron chi connectivity index (χ1n) is 12.8. The number of hydrogen-bond acceptors (Lipinski definition) is 9.